The van der Waals surface area contributed by atoms with Gasteiger partial charge in [0.15, 0.2) is 0 Å². The topological polar surface area (TPSA) is 88.6 Å². The van der Waals surface area contributed by atoms with Crippen molar-refractivity contribution in [1.29, 1.82) is 0 Å². The molecule has 2 aliphatic heterocycles. The zero-order valence-electron chi connectivity index (χ0n) is 17.1. The zero-order valence-corrected chi connectivity index (χ0v) is 18.7. The first-order chi connectivity index (χ1) is 14.9. The van der Waals surface area contributed by atoms with Gasteiger partial charge in [-0.1, -0.05) is 0 Å². The maximum absolute atomic E-state index is 13.1. The van der Waals surface area contributed by atoms with Crippen LogP contribution in [0, 0.1) is 5.92 Å². The summed E-state index contributed by atoms with van der Waals surface area (Å²) in [6, 6.07) is 10.8. The second kappa shape index (κ2) is 7.89. The van der Waals surface area contributed by atoms with E-state index in [1.54, 1.807) is 35.0 Å². The molecule has 7 nitrogen and oxygen atoms in total. The van der Waals surface area contributed by atoms with E-state index in [9.17, 15) is 13.2 Å². The Bertz CT molecular complexity index is 1250. The van der Waals surface area contributed by atoms with Crippen molar-refractivity contribution >= 4 is 43.2 Å². The van der Waals surface area contributed by atoms with Gasteiger partial charge in [-0.05, 0) is 61.7 Å². The highest BCUT2D eigenvalue weighted by Crippen LogP contribution is 2.33. The van der Waals surface area contributed by atoms with E-state index >= 15 is 0 Å². The minimum Gasteiger partial charge on any atom is -0.490 e. The number of aromatic nitrogens is 1. The van der Waals surface area contributed by atoms with Gasteiger partial charge in [0.1, 0.15) is 11.9 Å². The largest absolute Gasteiger partial charge is 0.490 e. The van der Waals surface area contributed by atoms with E-state index in [0.717, 1.165) is 21.5 Å². The van der Waals surface area contributed by atoms with Gasteiger partial charge in [-0.15, -0.1) is 11.3 Å². The number of benzene rings is 2. The van der Waals surface area contributed by atoms with Crippen molar-refractivity contribution in [3.05, 3.63) is 47.5 Å². The van der Waals surface area contributed by atoms with Crippen LogP contribution >= 0.6 is 11.3 Å². The fraction of sp³-hybridized carbons (Fsp3) is 0.364. The van der Waals surface area contributed by atoms with Crippen molar-refractivity contribution in [1.82, 2.24) is 9.29 Å². The van der Waals surface area contributed by atoms with E-state index in [0.29, 0.717) is 42.9 Å². The summed E-state index contributed by atoms with van der Waals surface area (Å²) in [6.45, 7) is 2.63. The summed E-state index contributed by atoms with van der Waals surface area (Å²) < 4.78 is 34.5. The predicted octanol–water partition coefficient (Wildman–Crippen LogP) is 3.66. The van der Waals surface area contributed by atoms with Crippen LogP contribution < -0.4 is 10.1 Å². The van der Waals surface area contributed by atoms with E-state index in [1.165, 1.54) is 4.31 Å². The van der Waals surface area contributed by atoms with Crippen molar-refractivity contribution in [2.75, 3.05) is 18.4 Å². The van der Waals surface area contributed by atoms with Crippen LogP contribution in [0.25, 0.3) is 10.2 Å². The summed E-state index contributed by atoms with van der Waals surface area (Å²) in [5, 5.41) is 2.96. The summed E-state index contributed by atoms with van der Waals surface area (Å²) in [7, 11) is -3.59. The Hall–Kier alpha value is -2.49. The van der Waals surface area contributed by atoms with Crippen LogP contribution in [-0.4, -0.2) is 42.8 Å². The van der Waals surface area contributed by atoms with Crippen LogP contribution in [0.4, 0.5) is 5.69 Å². The molecule has 2 aliphatic rings. The van der Waals surface area contributed by atoms with Gasteiger partial charge in [-0.25, -0.2) is 13.4 Å². The molecule has 5 rings (SSSR count). The molecule has 1 N–H and O–H groups in total. The highest BCUT2D eigenvalue weighted by molar-refractivity contribution is 7.89. The lowest BCUT2D eigenvalue weighted by Crippen LogP contribution is -2.41. The van der Waals surface area contributed by atoms with Crippen LogP contribution in [0.1, 0.15) is 25.3 Å². The number of ether oxygens (including phenoxy) is 1. The number of carbonyl (C=O) groups is 1. The van der Waals surface area contributed by atoms with Gasteiger partial charge in [0, 0.05) is 31.1 Å². The lowest BCUT2D eigenvalue weighted by Gasteiger charge is -2.30. The second-order valence-corrected chi connectivity index (χ2v) is 10.9. The molecular formula is C22H23N3O4S2. The smallest absolute Gasteiger partial charge is 0.243 e. The van der Waals surface area contributed by atoms with E-state index in [1.807, 2.05) is 25.1 Å². The monoisotopic (exact) mass is 457 g/mol. The quantitative estimate of drug-likeness (QED) is 0.646. The van der Waals surface area contributed by atoms with Gasteiger partial charge < -0.3 is 10.1 Å². The maximum atomic E-state index is 13.1. The molecular weight excluding hydrogens is 434 g/mol. The van der Waals surface area contributed by atoms with Crippen molar-refractivity contribution in [3.63, 3.8) is 0 Å². The standard InChI is InChI=1S/C22H23N3O4S2/c1-14-10-16-11-18(3-4-20(16)29-14)31(27,28)25-8-6-15(7-9-25)22(26)24-17-2-5-21-19(12-17)23-13-30-21/h2-5,11-15H,6-10H2,1H3,(H,24,26). The minimum absolute atomic E-state index is 0.0680. The fourth-order valence-electron chi connectivity index (χ4n) is 4.25. The third-order valence-corrected chi connectivity index (χ3v) is 8.63. The Balaban J connectivity index is 1.23. The maximum Gasteiger partial charge on any atom is 0.243 e. The first kappa shape index (κ1) is 20.4. The first-order valence-electron chi connectivity index (χ1n) is 10.3. The SMILES string of the molecule is CC1Cc2cc(S(=O)(=O)N3CCC(C(=O)Nc4ccc5scnc5c4)CC3)ccc2O1. The average molecular weight is 458 g/mol. The van der Waals surface area contributed by atoms with E-state index < -0.39 is 10.0 Å². The number of sulfonamides is 1. The van der Waals surface area contributed by atoms with Crippen LogP contribution in [0.5, 0.6) is 5.75 Å². The molecule has 1 fully saturated rings. The number of nitrogens with one attached hydrogen (secondary N) is 1. The molecule has 31 heavy (non-hydrogen) atoms. The molecule has 9 heteroatoms. The summed E-state index contributed by atoms with van der Waals surface area (Å²) in [5.41, 5.74) is 4.28. The van der Waals surface area contributed by atoms with Crippen molar-refractivity contribution in [2.45, 2.75) is 37.2 Å². The molecule has 1 atom stereocenters. The summed E-state index contributed by atoms with van der Waals surface area (Å²) >= 11 is 1.56. The van der Waals surface area contributed by atoms with Crippen molar-refractivity contribution < 1.29 is 17.9 Å². The molecule has 3 aromatic rings. The molecule has 1 aromatic heterocycles. The number of amides is 1. The lowest BCUT2D eigenvalue weighted by molar-refractivity contribution is -0.120. The van der Waals surface area contributed by atoms with E-state index in [2.05, 4.69) is 10.3 Å². The predicted molar refractivity (Wildman–Crippen MR) is 120 cm³/mol. The Morgan fingerprint density at radius 1 is 1.19 bits per heavy atom. The molecule has 0 bridgehead atoms. The lowest BCUT2D eigenvalue weighted by atomic mass is 9.97. The van der Waals surface area contributed by atoms with Crippen LogP contribution in [-0.2, 0) is 21.2 Å². The number of piperidine rings is 1. The number of hydrogen-bond acceptors (Lipinski definition) is 6. The molecule has 1 amide bonds. The molecule has 0 aliphatic carbocycles. The highest BCUT2D eigenvalue weighted by Gasteiger charge is 2.33. The van der Waals surface area contributed by atoms with E-state index in [4.69, 9.17) is 4.74 Å². The van der Waals surface area contributed by atoms with Gasteiger partial charge >= 0.3 is 0 Å². The molecule has 2 aromatic carbocycles. The number of hydrogen-bond donors (Lipinski definition) is 1. The Morgan fingerprint density at radius 2 is 2.00 bits per heavy atom. The summed E-state index contributed by atoms with van der Waals surface area (Å²) in [5.74, 6) is 0.472. The number of fused-ring (bicyclic) bond motifs is 2. The Morgan fingerprint density at radius 3 is 2.81 bits per heavy atom. The number of nitrogens with zero attached hydrogens (tertiary/aromatic N) is 2. The van der Waals surface area contributed by atoms with Crippen LogP contribution in [0.3, 0.4) is 0 Å². The van der Waals surface area contributed by atoms with Gasteiger partial charge in [0.25, 0.3) is 0 Å². The van der Waals surface area contributed by atoms with Gasteiger partial charge in [0.05, 0.1) is 20.6 Å². The number of thiazole rings is 1. The molecule has 0 radical (unpaired) electrons. The first-order valence-corrected chi connectivity index (χ1v) is 12.7. The minimum atomic E-state index is -3.59. The molecule has 3 heterocycles. The molecule has 0 spiro atoms. The van der Waals surface area contributed by atoms with Crippen LogP contribution in [0.15, 0.2) is 46.8 Å². The molecule has 1 saturated heterocycles. The Labute approximate surface area is 185 Å². The third-order valence-electron chi connectivity index (χ3n) is 5.93. The summed E-state index contributed by atoms with van der Waals surface area (Å²) in [4.78, 5) is 17.3. The highest BCUT2D eigenvalue weighted by atomic mass is 32.2. The second-order valence-electron chi connectivity index (χ2n) is 8.10. The van der Waals surface area contributed by atoms with Gasteiger partial charge in [-0.2, -0.15) is 4.31 Å². The van der Waals surface area contributed by atoms with Crippen LogP contribution in [0.2, 0.25) is 0 Å². The molecule has 1 unspecified atom stereocenters. The van der Waals surface area contributed by atoms with Crippen molar-refractivity contribution in [2.24, 2.45) is 5.92 Å². The van der Waals surface area contributed by atoms with Crippen molar-refractivity contribution in [3.8, 4) is 5.75 Å². The average Bonchev–Trinajstić information content (AvgIpc) is 3.38. The number of rotatable bonds is 4. The number of carbonyl (C=O) groups excluding carboxylic acids is 1. The van der Waals surface area contributed by atoms with Gasteiger partial charge in [0.2, 0.25) is 15.9 Å². The Kier molecular flexibility index (Phi) is 5.19. The third kappa shape index (κ3) is 3.93. The summed E-state index contributed by atoms with van der Waals surface area (Å²) in [6.07, 6.45) is 1.77. The zero-order chi connectivity index (χ0) is 21.6. The molecule has 162 valence electrons. The number of anilines is 1. The fourth-order valence-corrected chi connectivity index (χ4v) is 6.43. The molecule has 0 saturated carbocycles. The van der Waals surface area contributed by atoms with Gasteiger partial charge in [-0.3, -0.25) is 4.79 Å². The normalized spacial score (nSPS) is 19.8. The van der Waals surface area contributed by atoms with E-state index in [-0.39, 0.29) is 17.9 Å².